The molecule has 136 valence electrons. The fourth-order valence-corrected chi connectivity index (χ4v) is 3.53. The molecule has 0 spiro atoms. The van der Waals surface area contributed by atoms with E-state index in [0.29, 0.717) is 29.1 Å². The van der Waals surface area contributed by atoms with Crippen LogP contribution in [0.25, 0.3) is 11.1 Å². The van der Waals surface area contributed by atoms with Crippen molar-refractivity contribution in [2.24, 2.45) is 0 Å². The lowest BCUT2D eigenvalue weighted by molar-refractivity contribution is 0.0684. The Morgan fingerprint density at radius 1 is 1.31 bits per heavy atom. The molecule has 0 radical (unpaired) electrons. The fraction of sp³-hybridized carbons (Fsp3) is 0.421. The van der Waals surface area contributed by atoms with Gasteiger partial charge in [0.25, 0.3) is 5.91 Å². The van der Waals surface area contributed by atoms with E-state index >= 15 is 0 Å². The predicted molar refractivity (Wildman–Crippen MR) is 96.0 cm³/mol. The third kappa shape index (κ3) is 2.78. The second-order valence-electron chi connectivity index (χ2n) is 6.81. The number of aryl methyl sites for hydroxylation is 3. The molecule has 0 aliphatic carbocycles. The molecule has 1 saturated heterocycles. The highest BCUT2D eigenvalue weighted by atomic mass is 16.5. The van der Waals surface area contributed by atoms with Crippen molar-refractivity contribution in [3.8, 4) is 0 Å². The van der Waals surface area contributed by atoms with Crippen LogP contribution in [0.5, 0.6) is 0 Å². The number of aromatic amines is 1. The summed E-state index contributed by atoms with van der Waals surface area (Å²) in [7, 11) is 1.68. The quantitative estimate of drug-likeness (QED) is 0.781. The molecule has 2 aromatic heterocycles. The van der Waals surface area contributed by atoms with Gasteiger partial charge in [0, 0.05) is 38.3 Å². The van der Waals surface area contributed by atoms with Gasteiger partial charge in [-0.2, -0.15) is 0 Å². The summed E-state index contributed by atoms with van der Waals surface area (Å²) in [5, 5.41) is 0. The van der Waals surface area contributed by atoms with E-state index in [2.05, 4.69) is 15.0 Å². The second-order valence-corrected chi connectivity index (χ2v) is 6.81. The number of amides is 1. The smallest absolute Gasteiger partial charge is 0.254 e. The first-order valence-electron chi connectivity index (χ1n) is 8.70. The van der Waals surface area contributed by atoms with Crippen LogP contribution in [0.4, 0.5) is 0 Å². The minimum atomic E-state index is -0.130. The zero-order valence-electron chi connectivity index (χ0n) is 15.4. The van der Waals surface area contributed by atoms with E-state index in [-0.39, 0.29) is 18.1 Å². The first-order chi connectivity index (χ1) is 12.5. The van der Waals surface area contributed by atoms with Gasteiger partial charge in [-0.3, -0.25) is 4.79 Å². The number of rotatable bonds is 3. The third-order valence-corrected chi connectivity index (χ3v) is 5.06. The number of likely N-dealkylation sites (tertiary alicyclic amines) is 1. The highest BCUT2D eigenvalue weighted by Crippen LogP contribution is 2.34. The SMILES string of the molecule is CO[C@@H]1C[C@@H](c2nc(C)c(C)[nH]2)N(C(=O)c2ccc3oc(C)nc3c2)C1. The van der Waals surface area contributed by atoms with Gasteiger partial charge in [-0.1, -0.05) is 0 Å². The van der Waals surface area contributed by atoms with Gasteiger partial charge < -0.3 is 19.0 Å². The number of imidazole rings is 1. The summed E-state index contributed by atoms with van der Waals surface area (Å²) in [5.74, 6) is 1.35. The summed E-state index contributed by atoms with van der Waals surface area (Å²) in [4.78, 5) is 27.3. The monoisotopic (exact) mass is 354 g/mol. The first kappa shape index (κ1) is 16.8. The molecule has 26 heavy (non-hydrogen) atoms. The Morgan fingerprint density at radius 3 is 2.81 bits per heavy atom. The Balaban J connectivity index is 1.68. The van der Waals surface area contributed by atoms with Crippen molar-refractivity contribution in [1.29, 1.82) is 0 Å². The zero-order valence-corrected chi connectivity index (χ0v) is 15.4. The number of fused-ring (bicyclic) bond motifs is 1. The van der Waals surface area contributed by atoms with Gasteiger partial charge in [0.15, 0.2) is 11.5 Å². The fourth-order valence-electron chi connectivity index (χ4n) is 3.53. The van der Waals surface area contributed by atoms with Gasteiger partial charge in [-0.05, 0) is 32.0 Å². The number of hydrogen-bond acceptors (Lipinski definition) is 5. The van der Waals surface area contributed by atoms with Crippen LogP contribution in [-0.2, 0) is 4.74 Å². The number of ether oxygens (including phenoxy) is 1. The molecule has 0 saturated carbocycles. The highest BCUT2D eigenvalue weighted by molar-refractivity contribution is 5.97. The molecule has 0 unspecified atom stereocenters. The van der Waals surface area contributed by atoms with Gasteiger partial charge in [0.05, 0.1) is 17.8 Å². The van der Waals surface area contributed by atoms with E-state index in [0.717, 1.165) is 23.6 Å². The molecule has 1 aliphatic rings. The molecule has 1 aromatic carbocycles. The number of carbonyl (C=O) groups is 1. The topological polar surface area (TPSA) is 84.2 Å². The molecule has 1 aliphatic heterocycles. The lowest BCUT2D eigenvalue weighted by atomic mass is 10.1. The Morgan fingerprint density at radius 2 is 2.12 bits per heavy atom. The summed E-state index contributed by atoms with van der Waals surface area (Å²) < 4.78 is 11.0. The molecule has 2 atom stereocenters. The van der Waals surface area contributed by atoms with Crippen molar-refractivity contribution < 1.29 is 13.9 Å². The largest absolute Gasteiger partial charge is 0.441 e. The summed E-state index contributed by atoms with van der Waals surface area (Å²) >= 11 is 0. The number of carbonyl (C=O) groups excluding carboxylic acids is 1. The van der Waals surface area contributed by atoms with E-state index in [1.54, 1.807) is 32.2 Å². The minimum absolute atomic E-state index is 0.00677. The van der Waals surface area contributed by atoms with Crippen LogP contribution < -0.4 is 0 Å². The number of nitrogens with zero attached hydrogens (tertiary/aromatic N) is 3. The van der Waals surface area contributed by atoms with Crippen molar-refractivity contribution in [2.75, 3.05) is 13.7 Å². The van der Waals surface area contributed by atoms with Crippen LogP contribution in [-0.4, -0.2) is 45.5 Å². The molecule has 4 rings (SSSR count). The number of hydrogen-bond donors (Lipinski definition) is 1. The number of nitrogens with one attached hydrogen (secondary N) is 1. The highest BCUT2D eigenvalue weighted by Gasteiger charge is 2.38. The third-order valence-electron chi connectivity index (χ3n) is 5.06. The zero-order chi connectivity index (χ0) is 18.4. The number of H-pyrrole nitrogens is 1. The molecular weight excluding hydrogens is 332 g/mol. The van der Waals surface area contributed by atoms with E-state index in [9.17, 15) is 4.79 Å². The molecule has 3 heterocycles. The molecule has 1 fully saturated rings. The number of methoxy groups -OCH3 is 1. The van der Waals surface area contributed by atoms with Gasteiger partial charge in [-0.15, -0.1) is 0 Å². The molecular formula is C19H22N4O3. The Kier molecular flexibility index (Phi) is 4.03. The van der Waals surface area contributed by atoms with Gasteiger partial charge >= 0.3 is 0 Å². The molecule has 0 bridgehead atoms. The predicted octanol–water partition coefficient (Wildman–Crippen LogP) is 3.08. The average molecular weight is 354 g/mol. The number of aromatic nitrogens is 3. The number of benzene rings is 1. The van der Waals surface area contributed by atoms with E-state index in [4.69, 9.17) is 9.15 Å². The summed E-state index contributed by atoms with van der Waals surface area (Å²) in [6, 6.07) is 5.23. The van der Waals surface area contributed by atoms with E-state index < -0.39 is 0 Å². The van der Waals surface area contributed by atoms with E-state index in [1.165, 1.54) is 0 Å². The van der Waals surface area contributed by atoms with Crippen molar-refractivity contribution in [3.05, 3.63) is 46.9 Å². The van der Waals surface area contributed by atoms with Crippen LogP contribution in [0.3, 0.4) is 0 Å². The van der Waals surface area contributed by atoms with Crippen molar-refractivity contribution in [3.63, 3.8) is 0 Å². The summed E-state index contributed by atoms with van der Waals surface area (Å²) in [6.07, 6.45) is 0.715. The van der Waals surface area contributed by atoms with Gasteiger partial charge in [0.1, 0.15) is 11.3 Å². The van der Waals surface area contributed by atoms with Crippen molar-refractivity contribution in [1.82, 2.24) is 19.9 Å². The normalized spacial score (nSPS) is 20.2. The lowest BCUT2D eigenvalue weighted by Gasteiger charge is -2.23. The Labute approximate surface area is 151 Å². The van der Waals surface area contributed by atoms with Crippen molar-refractivity contribution >= 4 is 17.0 Å². The van der Waals surface area contributed by atoms with Crippen LogP contribution in [0.2, 0.25) is 0 Å². The van der Waals surface area contributed by atoms with Crippen molar-refractivity contribution in [2.45, 2.75) is 39.3 Å². The molecule has 3 aromatic rings. The van der Waals surface area contributed by atoms with Crippen LogP contribution in [0.1, 0.15) is 45.9 Å². The summed E-state index contributed by atoms with van der Waals surface area (Å²) in [5.41, 5.74) is 3.94. The van der Waals surface area contributed by atoms with Gasteiger partial charge in [-0.25, -0.2) is 9.97 Å². The molecule has 7 heteroatoms. The maximum Gasteiger partial charge on any atom is 0.254 e. The Hall–Kier alpha value is -2.67. The standard InChI is InChI=1S/C19H22N4O3/c1-10-11(2)21-18(20-10)16-8-14(25-4)9-23(16)19(24)13-5-6-17-15(7-13)22-12(3)26-17/h5-7,14,16H,8-9H2,1-4H3,(H,20,21)/t14-,16+/m1/s1. The molecule has 1 N–H and O–H groups in total. The maximum absolute atomic E-state index is 13.2. The van der Waals surface area contributed by atoms with Crippen LogP contribution in [0, 0.1) is 20.8 Å². The molecule has 7 nitrogen and oxygen atoms in total. The number of oxazole rings is 1. The van der Waals surface area contributed by atoms with Crippen LogP contribution in [0.15, 0.2) is 22.6 Å². The maximum atomic E-state index is 13.2. The minimum Gasteiger partial charge on any atom is -0.441 e. The van der Waals surface area contributed by atoms with Gasteiger partial charge in [0.2, 0.25) is 0 Å². The summed E-state index contributed by atoms with van der Waals surface area (Å²) in [6.45, 7) is 6.28. The average Bonchev–Trinajstić information content (AvgIpc) is 3.29. The molecule has 1 amide bonds. The van der Waals surface area contributed by atoms with E-state index in [1.807, 2.05) is 18.7 Å². The first-order valence-corrected chi connectivity index (χ1v) is 8.70. The lowest BCUT2D eigenvalue weighted by Crippen LogP contribution is -2.32. The Bertz CT molecular complexity index is 955. The van der Waals surface area contributed by atoms with Crippen LogP contribution >= 0.6 is 0 Å². The second kappa shape index (κ2) is 6.25.